The minimum atomic E-state index is 1.04. The molecule has 0 N–H and O–H groups in total. The Bertz CT molecular complexity index is 458. The van der Waals surface area contributed by atoms with Crippen molar-refractivity contribution >= 4 is 12.2 Å². The highest BCUT2D eigenvalue weighted by atomic mass is 15.0. The van der Waals surface area contributed by atoms with Crippen molar-refractivity contribution in [1.82, 2.24) is 4.57 Å². The van der Waals surface area contributed by atoms with Crippen LogP contribution in [0.25, 0.3) is 12.2 Å². The molecule has 0 spiro atoms. The highest BCUT2D eigenvalue weighted by molar-refractivity contribution is 5.64. The van der Waals surface area contributed by atoms with E-state index in [1.807, 2.05) is 6.08 Å². The third kappa shape index (κ3) is 1.67. The van der Waals surface area contributed by atoms with E-state index in [-0.39, 0.29) is 0 Å². The van der Waals surface area contributed by atoms with E-state index in [0.29, 0.717) is 0 Å². The molecular weight excluding hydrogens is 194 g/mol. The van der Waals surface area contributed by atoms with Crippen LogP contribution in [0.15, 0.2) is 24.8 Å². The molecule has 0 saturated carbocycles. The molecule has 0 fully saturated rings. The molecule has 0 aromatic carbocycles. The lowest BCUT2D eigenvalue weighted by atomic mass is 10.0. The zero-order valence-electron chi connectivity index (χ0n) is 10.2. The van der Waals surface area contributed by atoms with Crippen LogP contribution < -0.4 is 0 Å². The molecule has 0 saturated heterocycles. The number of fused-ring (bicyclic) bond motifs is 1. The predicted molar refractivity (Wildman–Crippen MR) is 71.4 cm³/mol. The third-order valence-electron chi connectivity index (χ3n) is 3.22. The van der Waals surface area contributed by atoms with Crippen molar-refractivity contribution in [2.75, 3.05) is 0 Å². The largest absolute Gasteiger partial charge is 0.344 e. The summed E-state index contributed by atoms with van der Waals surface area (Å²) in [6.07, 6.45) is 14.0. The predicted octanol–water partition coefficient (Wildman–Crippen LogP) is 3.75. The monoisotopic (exact) mass is 213 g/mol. The van der Waals surface area contributed by atoms with Gasteiger partial charge in [-0.25, -0.2) is 0 Å². The molecule has 1 aliphatic rings. The third-order valence-corrected chi connectivity index (χ3v) is 3.22. The Morgan fingerprint density at radius 1 is 1.44 bits per heavy atom. The van der Waals surface area contributed by atoms with E-state index in [9.17, 15) is 0 Å². The molecule has 0 unspecified atom stereocenters. The fraction of sp³-hybridized carbons (Fsp3) is 0.333. The number of rotatable bonds is 3. The molecule has 1 heterocycles. The zero-order valence-corrected chi connectivity index (χ0v) is 10.2. The minimum Gasteiger partial charge on any atom is -0.344 e. The maximum Gasteiger partial charge on any atom is 0.0447 e. The summed E-state index contributed by atoms with van der Waals surface area (Å²) in [7, 11) is 2.13. The van der Waals surface area contributed by atoms with Gasteiger partial charge in [0.15, 0.2) is 0 Å². The van der Waals surface area contributed by atoms with Gasteiger partial charge in [-0.15, -0.1) is 0 Å². The highest BCUT2D eigenvalue weighted by Gasteiger charge is 2.16. The molecule has 2 rings (SSSR count). The Balaban J connectivity index is 2.62. The fourth-order valence-corrected chi connectivity index (χ4v) is 2.48. The van der Waals surface area contributed by atoms with Gasteiger partial charge in [-0.05, 0) is 36.1 Å². The SMILES string of the molecule is C=Cc1c(CCC)c2c(n1C)C=CC=CC2. The summed E-state index contributed by atoms with van der Waals surface area (Å²) >= 11 is 0. The van der Waals surface area contributed by atoms with Crippen molar-refractivity contribution in [1.29, 1.82) is 0 Å². The van der Waals surface area contributed by atoms with E-state index >= 15 is 0 Å². The molecule has 84 valence electrons. The van der Waals surface area contributed by atoms with Gasteiger partial charge in [0.05, 0.1) is 0 Å². The molecule has 0 radical (unpaired) electrons. The smallest absolute Gasteiger partial charge is 0.0447 e. The second kappa shape index (κ2) is 4.56. The minimum absolute atomic E-state index is 1.04. The van der Waals surface area contributed by atoms with Gasteiger partial charge in [-0.1, -0.05) is 38.2 Å². The number of aromatic nitrogens is 1. The first-order valence-electron chi connectivity index (χ1n) is 5.95. The van der Waals surface area contributed by atoms with Crippen LogP contribution in [0.3, 0.4) is 0 Å². The Morgan fingerprint density at radius 2 is 2.25 bits per heavy atom. The molecule has 16 heavy (non-hydrogen) atoms. The maximum absolute atomic E-state index is 3.94. The average Bonchev–Trinajstić information content (AvgIpc) is 2.48. The normalized spacial score (nSPS) is 13.6. The highest BCUT2D eigenvalue weighted by Crippen LogP contribution is 2.27. The lowest BCUT2D eigenvalue weighted by Crippen LogP contribution is -1.94. The van der Waals surface area contributed by atoms with Crippen molar-refractivity contribution < 1.29 is 0 Å². The molecular formula is C15H19N. The van der Waals surface area contributed by atoms with E-state index in [0.717, 1.165) is 12.8 Å². The van der Waals surface area contributed by atoms with Crippen molar-refractivity contribution in [3.63, 3.8) is 0 Å². The maximum atomic E-state index is 3.94. The average molecular weight is 213 g/mol. The first-order chi connectivity index (χ1) is 7.79. The van der Waals surface area contributed by atoms with Gasteiger partial charge in [-0.2, -0.15) is 0 Å². The van der Waals surface area contributed by atoms with Crippen LogP contribution in [0.4, 0.5) is 0 Å². The molecule has 1 aromatic heterocycles. The Kier molecular flexibility index (Phi) is 3.14. The van der Waals surface area contributed by atoms with Gasteiger partial charge in [0.25, 0.3) is 0 Å². The zero-order chi connectivity index (χ0) is 11.5. The molecule has 0 atom stereocenters. The quantitative estimate of drug-likeness (QED) is 0.720. The number of hydrogen-bond acceptors (Lipinski definition) is 0. The summed E-state index contributed by atoms with van der Waals surface area (Å²) in [4.78, 5) is 0. The van der Waals surface area contributed by atoms with Crippen molar-refractivity contribution in [3.05, 3.63) is 47.3 Å². The molecule has 1 nitrogen and oxygen atoms in total. The van der Waals surface area contributed by atoms with Gasteiger partial charge in [0.1, 0.15) is 0 Å². The summed E-state index contributed by atoms with van der Waals surface area (Å²) in [5.74, 6) is 0. The molecule has 0 amide bonds. The van der Waals surface area contributed by atoms with Gasteiger partial charge in [0.2, 0.25) is 0 Å². The summed E-state index contributed by atoms with van der Waals surface area (Å²) < 4.78 is 2.26. The van der Waals surface area contributed by atoms with E-state index in [1.165, 1.54) is 28.9 Å². The van der Waals surface area contributed by atoms with E-state index < -0.39 is 0 Å². The lowest BCUT2D eigenvalue weighted by Gasteiger charge is -2.02. The topological polar surface area (TPSA) is 4.93 Å². The van der Waals surface area contributed by atoms with E-state index in [1.54, 1.807) is 0 Å². The molecule has 1 aliphatic carbocycles. The van der Waals surface area contributed by atoms with Crippen LogP contribution in [0.2, 0.25) is 0 Å². The summed E-state index contributed by atoms with van der Waals surface area (Å²) in [5.41, 5.74) is 5.57. The number of hydrogen-bond donors (Lipinski definition) is 0. The standard InChI is InChI=1S/C15H19N/c1-4-9-12-13-10-7-6-8-11-15(13)16(3)14(12)5-2/h5-8,11H,2,4,9-10H2,1,3H3. The van der Waals surface area contributed by atoms with Crippen LogP contribution in [0.5, 0.6) is 0 Å². The van der Waals surface area contributed by atoms with E-state index in [2.05, 4.69) is 49.4 Å². The van der Waals surface area contributed by atoms with Crippen molar-refractivity contribution in [2.24, 2.45) is 7.05 Å². The van der Waals surface area contributed by atoms with Crippen LogP contribution in [-0.4, -0.2) is 4.57 Å². The molecule has 0 aliphatic heterocycles. The van der Waals surface area contributed by atoms with Crippen molar-refractivity contribution in [2.45, 2.75) is 26.2 Å². The van der Waals surface area contributed by atoms with Crippen LogP contribution >= 0.6 is 0 Å². The number of allylic oxidation sites excluding steroid dienone is 3. The first-order valence-corrected chi connectivity index (χ1v) is 5.95. The summed E-state index contributed by atoms with van der Waals surface area (Å²) in [6, 6.07) is 0. The Morgan fingerprint density at radius 3 is 2.94 bits per heavy atom. The van der Waals surface area contributed by atoms with Gasteiger partial charge >= 0.3 is 0 Å². The lowest BCUT2D eigenvalue weighted by molar-refractivity contribution is 0.873. The fourth-order valence-electron chi connectivity index (χ4n) is 2.48. The van der Waals surface area contributed by atoms with E-state index in [4.69, 9.17) is 0 Å². The second-order valence-electron chi connectivity index (χ2n) is 4.23. The molecule has 0 bridgehead atoms. The Hall–Kier alpha value is -1.50. The number of nitrogens with zero attached hydrogens (tertiary/aromatic N) is 1. The van der Waals surface area contributed by atoms with Crippen LogP contribution in [-0.2, 0) is 19.9 Å². The second-order valence-corrected chi connectivity index (χ2v) is 4.23. The van der Waals surface area contributed by atoms with Crippen LogP contribution in [0.1, 0.15) is 35.9 Å². The van der Waals surface area contributed by atoms with Gasteiger partial charge in [-0.3, -0.25) is 0 Å². The van der Waals surface area contributed by atoms with Crippen molar-refractivity contribution in [3.8, 4) is 0 Å². The molecule has 1 aromatic rings. The Labute approximate surface area is 97.8 Å². The van der Waals surface area contributed by atoms with Crippen LogP contribution in [0, 0.1) is 0 Å². The van der Waals surface area contributed by atoms with Gasteiger partial charge in [0, 0.05) is 18.4 Å². The molecule has 1 heteroatoms. The van der Waals surface area contributed by atoms with Gasteiger partial charge < -0.3 is 4.57 Å². The first kappa shape index (κ1) is 11.0. The summed E-state index contributed by atoms with van der Waals surface area (Å²) in [6.45, 7) is 6.17. The summed E-state index contributed by atoms with van der Waals surface area (Å²) in [5, 5.41) is 0.